The Morgan fingerprint density at radius 3 is 1.98 bits per heavy atom. The number of Topliss-reactive ketones (excluding diaryl/α,β-unsaturated/α-hetero) is 1. The molecule has 0 aromatic carbocycles. The standard InChI is InChI=1S/C40H61FO8/c1-23(42)46-33-28(49-29(22-41)34(47-24(2)43)35(33)48-25(3)44)13-19-40-16-9-10-27(40)26-11-12-31-37(6)17-15-32(45)36(4,5)30(37)14-18-39(31,8)38(26,7)20-21-40/h26-31,33-35H,9-22H2,1-8H3/t26?,27?,28?,29?,30?,31?,33?,34?,35?,37?,38-,39?,40?/m1/s1. The van der Waals surface area contributed by atoms with E-state index in [0.29, 0.717) is 42.3 Å². The van der Waals surface area contributed by atoms with Crippen molar-refractivity contribution in [3.05, 3.63) is 0 Å². The van der Waals surface area contributed by atoms with Crippen LogP contribution in [0.4, 0.5) is 4.39 Å². The van der Waals surface area contributed by atoms with Gasteiger partial charge in [0.1, 0.15) is 18.6 Å². The van der Waals surface area contributed by atoms with Crippen molar-refractivity contribution in [2.45, 2.75) is 169 Å². The van der Waals surface area contributed by atoms with E-state index in [2.05, 4.69) is 34.6 Å². The van der Waals surface area contributed by atoms with Crippen LogP contribution in [0.5, 0.6) is 0 Å². The maximum Gasteiger partial charge on any atom is 0.303 e. The lowest BCUT2D eigenvalue weighted by atomic mass is 9.32. The third-order valence-electron chi connectivity index (χ3n) is 16.0. The van der Waals surface area contributed by atoms with Crippen LogP contribution in [0.2, 0.25) is 0 Å². The molecule has 0 aromatic rings. The zero-order chi connectivity index (χ0) is 35.7. The third-order valence-corrected chi connectivity index (χ3v) is 16.0. The van der Waals surface area contributed by atoms with Crippen LogP contribution < -0.4 is 0 Å². The first kappa shape index (κ1) is 36.8. The molecule has 9 heteroatoms. The Kier molecular flexibility index (Phi) is 9.66. The lowest BCUT2D eigenvalue weighted by Crippen LogP contribution is -2.66. The smallest absolute Gasteiger partial charge is 0.303 e. The first-order valence-electron chi connectivity index (χ1n) is 19.2. The highest BCUT2D eigenvalue weighted by molar-refractivity contribution is 5.85. The van der Waals surface area contributed by atoms with Crippen LogP contribution in [0.1, 0.15) is 139 Å². The average molecular weight is 689 g/mol. The normalized spacial score (nSPS) is 47.1. The summed E-state index contributed by atoms with van der Waals surface area (Å²) >= 11 is 0. The van der Waals surface area contributed by atoms with Gasteiger partial charge in [-0.25, -0.2) is 4.39 Å². The molecule has 6 rings (SSSR count). The first-order chi connectivity index (χ1) is 22.9. The summed E-state index contributed by atoms with van der Waals surface area (Å²) in [7, 11) is 0. The van der Waals surface area contributed by atoms with Gasteiger partial charge in [0, 0.05) is 32.6 Å². The lowest BCUT2D eigenvalue weighted by molar-refractivity contribution is -0.252. The summed E-state index contributed by atoms with van der Waals surface area (Å²) < 4.78 is 37.5. The molecule has 12 unspecified atom stereocenters. The molecule has 0 radical (unpaired) electrons. The van der Waals surface area contributed by atoms with E-state index in [-0.39, 0.29) is 27.1 Å². The number of ketones is 1. The highest BCUT2D eigenvalue weighted by Crippen LogP contribution is 2.77. The first-order valence-corrected chi connectivity index (χ1v) is 19.2. The molecule has 5 saturated carbocycles. The number of rotatable bonds is 7. The van der Waals surface area contributed by atoms with Crippen LogP contribution in [0.3, 0.4) is 0 Å². The lowest BCUT2D eigenvalue weighted by Gasteiger charge is -2.72. The average Bonchev–Trinajstić information content (AvgIpc) is 3.44. The third kappa shape index (κ3) is 5.78. The molecule has 0 amide bonds. The summed E-state index contributed by atoms with van der Waals surface area (Å²) in [4.78, 5) is 49.7. The van der Waals surface area contributed by atoms with Gasteiger partial charge in [-0.2, -0.15) is 0 Å². The molecule has 6 aliphatic rings. The number of halogens is 1. The Morgan fingerprint density at radius 2 is 1.35 bits per heavy atom. The SMILES string of the molecule is CC(=O)OC1C(CF)OC(CCC23CCCC2C2CCC4C5(C)CCC(=O)C(C)(C)C5CCC4(C)[C@]2(C)CC3)C(OC(C)=O)C1OC(C)=O. The Balaban J connectivity index is 1.25. The number of hydrogen-bond acceptors (Lipinski definition) is 8. The summed E-state index contributed by atoms with van der Waals surface area (Å²) in [5.74, 6) is 0.832. The fourth-order valence-corrected chi connectivity index (χ4v) is 13.7. The van der Waals surface area contributed by atoms with Crippen molar-refractivity contribution < 1.29 is 42.5 Å². The van der Waals surface area contributed by atoms with Gasteiger partial charge in [0.05, 0.1) is 6.10 Å². The van der Waals surface area contributed by atoms with Crippen LogP contribution in [0.25, 0.3) is 0 Å². The minimum absolute atomic E-state index is 0.118. The Bertz CT molecular complexity index is 1330. The largest absolute Gasteiger partial charge is 0.456 e. The predicted molar refractivity (Wildman–Crippen MR) is 181 cm³/mol. The molecule has 5 aliphatic carbocycles. The molecule has 6 fully saturated rings. The van der Waals surface area contributed by atoms with Crippen molar-refractivity contribution in [1.82, 2.24) is 0 Å². The van der Waals surface area contributed by atoms with E-state index >= 15 is 0 Å². The number of hydrogen-bond donors (Lipinski definition) is 0. The Labute approximate surface area is 292 Å². The molecule has 1 saturated heterocycles. The highest BCUT2D eigenvalue weighted by Gasteiger charge is 2.70. The highest BCUT2D eigenvalue weighted by atomic mass is 19.1. The fourth-order valence-electron chi connectivity index (χ4n) is 13.7. The fraction of sp³-hybridized carbons (Fsp3) is 0.900. The van der Waals surface area contributed by atoms with Crippen LogP contribution in [-0.2, 0) is 38.1 Å². The monoisotopic (exact) mass is 688 g/mol. The summed E-state index contributed by atoms with van der Waals surface area (Å²) in [5.41, 5.74) is 0.482. The molecule has 49 heavy (non-hydrogen) atoms. The maximum absolute atomic E-state index is 14.5. The van der Waals surface area contributed by atoms with Crippen LogP contribution >= 0.6 is 0 Å². The minimum atomic E-state index is -1.22. The summed E-state index contributed by atoms with van der Waals surface area (Å²) in [5, 5.41) is 0. The van der Waals surface area contributed by atoms with E-state index in [1.807, 2.05) is 0 Å². The minimum Gasteiger partial charge on any atom is -0.456 e. The quantitative estimate of drug-likeness (QED) is 0.198. The van der Waals surface area contributed by atoms with E-state index < -0.39 is 55.1 Å². The van der Waals surface area contributed by atoms with Crippen LogP contribution in [0, 0.1) is 50.7 Å². The molecule has 0 spiro atoms. The summed E-state index contributed by atoms with van der Waals surface area (Å²) in [6, 6.07) is 0. The van der Waals surface area contributed by atoms with Gasteiger partial charge >= 0.3 is 17.9 Å². The van der Waals surface area contributed by atoms with E-state index in [4.69, 9.17) is 18.9 Å². The Hall–Kier alpha value is -2.03. The number of alkyl halides is 1. The van der Waals surface area contributed by atoms with Crippen molar-refractivity contribution in [2.24, 2.45) is 50.7 Å². The van der Waals surface area contributed by atoms with E-state index in [9.17, 15) is 23.6 Å². The predicted octanol–water partition coefficient (Wildman–Crippen LogP) is 7.72. The molecule has 0 bridgehead atoms. The van der Waals surface area contributed by atoms with Gasteiger partial charge in [-0.05, 0) is 116 Å². The second-order valence-electron chi connectivity index (χ2n) is 18.3. The topological polar surface area (TPSA) is 105 Å². The Morgan fingerprint density at radius 1 is 0.714 bits per heavy atom. The molecule has 1 heterocycles. The van der Waals surface area contributed by atoms with E-state index in [0.717, 1.165) is 32.1 Å². The molecule has 13 atom stereocenters. The van der Waals surface area contributed by atoms with Crippen LogP contribution in [-0.4, -0.2) is 60.9 Å². The van der Waals surface area contributed by atoms with Gasteiger partial charge in [-0.15, -0.1) is 0 Å². The zero-order valence-electron chi connectivity index (χ0n) is 31.2. The van der Waals surface area contributed by atoms with E-state index in [1.54, 1.807) is 0 Å². The molecule has 1 aliphatic heterocycles. The van der Waals surface area contributed by atoms with Gasteiger partial charge in [-0.3, -0.25) is 19.2 Å². The number of carbonyl (C=O) groups is 4. The molecule has 0 N–H and O–H groups in total. The second kappa shape index (κ2) is 12.9. The van der Waals surface area contributed by atoms with Crippen molar-refractivity contribution in [3.63, 3.8) is 0 Å². The van der Waals surface area contributed by atoms with Crippen molar-refractivity contribution in [3.8, 4) is 0 Å². The molecular formula is C40H61FO8. The zero-order valence-corrected chi connectivity index (χ0v) is 31.2. The van der Waals surface area contributed by atoms with Crippen molar-refractivity contribution >= 4 is 23.7 Å². The van der Waals surface area contributed by atoms with Crippen molar-refractivity contribution in [2.75, 3.05) is 6.67 Å². The summed E-state index contributed by atoms with van der Waals surface area (Å²) in [6.45, 7) is 15.0. The van der Waals surface area contributed by atoms with Gasteiger partial charge < -0.3 is 18.9 Å². The number of esters is 3. The second-order valence-corrected chi connectivity index (χ2v) is 18.3. The number of carbonyl (C=O) groups excluding carboxylic acids is 4. The van der Waals surface area contributed by atoms with E-state index in [1.165, 1.54) is 59.3 Å². The van der Waals surface area contributed by atoms with Gasteiger partial charge in [-0.1, -0.05) is 41.0 Å². The number of fused-ring (bicyclic) bond motifs is 7. The molecule has 8 nitrogen and oxygen atoms in total. The molecular weight excluding hydrogens is 627 g/mol. The van der Waals surface area contributed by atoms with Gasteiger partial charge in [0.2, 0.25) is 0 Å². The number of ether oxygens (including phenoxy) is 4. The van der Waals surface area contributed by atoms with Crippen molar-refractivity contribution in [1.29, 1.82) is 0 Å². The summed E-state index contributed by atoms with van der Waals surface area (Å²) in [6.07, 6.45) is 8.45. The van der Waals surface area contributed by atoms with Gasteiger partial charge in [0.15, 0.2) is 18.3 Å². The molecule has 0 aromatic heterocycles. The maximum atomic E-state index is 14.5. The molecule has 276 valence electrons. The van der Waals surface area contributed by atoms with Crippen LogP contribution in [0.15, 0.2) is 0 Å². The van der Waals surface area contributed by atoms with Gasteiger partial charge in [0.25, 0.3) is 0 Å².